The summed E-state index contributed by atoms with van der Waals surface area (Å²) in [6, 6.07) is 3.61. The lowest BCUT2D eigenvalue weighted by Gasteiger charge is -2.06. The van der Waals surface area contributed by atoms with Crippen LogP contribution in [0.1, 0.15) is 13.0 Å². The molecule has 1 heterocycles. The number of aliphatic carboxylic acids is 1. The van der Waals surface area contributed by atoms with Gasteiger partial charge >= 0.3 is 11.7 Å². The number of halogens is 1. The first-order chi connectivity index (χ1) is 7.50. The van der Waals surface area contributed by atoms with Gasteiger partial charge < -0.3 is 9.52 Å². The second kappa shape index (κ2) is 3.68. The zero-order valence-electron chi connectivity index (χ0n) is 8.31. The molecule has 2 rings (SSSR count). The highest BCUT2D eigenvalue weighted by Crippen LogP contribution is 2.21. The molecule has 2 aromatic rings. The summed E-state index contributed by atoms with van der Waals surface area (Å²) in [6.07, 6.45) is 0. The molecule has 0 spiro atoms. The number of oxazole rings is 1. The van der Waals surface area contributed by atoms with Crippen molar-refractivity contribution in [1.82, 2.24) is 4.57 Å². The highest BCUT2D eigenvalue weighted by Gasteiger charge is 2.20. The van der Waals surface area contributed by atoms with Gasteiger partial charge in [0.2, 0.25) is 0 Å². The third-order valence-electron chi connectivity index (χ3n) is 2.32. The minimum absolute atomic E-state index is 0.322. The molecule has 0 radical (unpaired) electrons. The number of benzene rings is 1. The van der Waals surface area contributed by atoms with Crippen LogP contribution < -0.4 is 5.76 Å². The number of carbonyl (C=O) groups is 1. The standard InChI is InChI=1S/C10H8ClNO4/c1-5(9(13)14)12-7-4-6(11)2-3-8(7)16-10(12)15/h2-5H,1H3,(H,13,14). The monoisotopic (exact) mass is 241 g/mol. The first-order valence-electron chi connectivity index (χ1n) is 4.54. The van der Waals surface area contributed by atoms with Gasteiger partial charge in [-0.2, -0.15) is 0 Å². The van der Waals surface area contributed by atoms with Gasteiger partial charge in [-0.05, 0) is 25.1 Å². The molecule has 0 bridgehead atoms. The van der Waals surface area contributed by atoms with Gasteiger partial charge in [0.1, 0.15) is 6.04 Å². The van der Waals surface area contributed by atoms with Crippen molar-refractivity contribution in [3.63, 3.8) is 0 Å². The van der Waals surface area contributed by atoms with Crippen LogP contribution in [0, 0.1) is 0 Å². The quantitative estimate of drug-likeness (QED) is 0.872. The van der Waals surface area contributed by atoms with Crippen molar-refractivity contribution in [3.05, 3.63) is 33.8 Å². The summed E-state index contributed by atoms with van der Waals surface area (Å²) < 4.78 is 5.97. The van der Waals surface area contributed by atoms with E-state index < -0.39 is 17.8 Å². The van der Waals surface area contributed by atoms with E-state index in [-0.39, 0.29) is 0 Å². The van der Waals surface area contributed by atoms with Crippen molar-refractivity contribution in [2.75, 3.05) is 0 Å². The Balaban J connectivity index is 2.77. The van der Waals surface area contributed by atoms with E-state index in [2.05, 4.69) is 0 Å². The molecule has 0 amide bonds. The minimum Gasteiger partial charge on any atom is -0.480 e. The molecule has 0 saturated heterocycles. The maximum absolute atomic E-state index is 11.5. The lowest BCUT2D eigenvalue weighted by molar-refractivity contribution is -0.140. The first-order valence-corrected chi connectivity index (χ1v) is 4.92. The van der Waals surface area contributed by atoms with E-state index in [4.69, 9.17) is 21.1 Å². The number of carboxylic acid groups (broad SMARTS) is 1. The predicted octanol–water partition coefficient (Wildman–Crippen LogP) is 1.89. The van der Waals surface area contributed by atoms with E-state index in [9.17, 15) is 9.59 Å². The van der Waals surface area contributed by atoms with Crippen LogP contribution in [0.15, 0.2) is 27.4 Å². The van der Waals surface area contributed by atoms with Crippen molar-refractivity contribution in [2.45, 2.75) is 13.0 Å². The smallest absolute Gasteiger partial charge is 0.420 e. The van der Waals surface area contributed by atoms with Crippen LogP contribution in [-0.2, 0) is 4.79 Å². The number of fused-ring (bicyclic) bond motifs is 1. The summed E-state index contributed by atoms with van der Waals surface area (Å²) in [7, 11) is 0. The SMILES string of the molecule is CC(C(=O)O)n1c(=O)oc2ccc(Cl)cc21. The maximum Gasteiger partial charge on any atom is 0.420 e. The molecular weight excluding hydrogens is 234 g/mol. The van der Waals surface area contributed by atoms with Crippen LogP contribution in [0.5, 0.6) is 0 Å². The molecule has 1 atom stereocenters. The van der Waals surface area contributed by atoms with Crippen molar-refractivity contribution in [3.8, 4) is 0 Å². The predicted molar refractivity (Wildman–Crippen MR) is 57.8 cm³/mol. The Hall–Kier alpha value is -1.75. The summed E-state index contributed by atoms with van der Waals surface area (Å²) in [5.41, 5.74) is 0.704. The fourth-order valence-electron chi connectivity index (χ4n) is 1.48. The van der Waals surface area contributed by atoms with Gasteiger partial charge in [-0.25, -0.2) is 9.59 Å². The number of carboxylic acids is 1. The van der Waals surface area contributed by atoms with Gasteiger partial charge in [-0.15, -0.1) is 0 Å². The van der Waals surface area contributed by atoms with Crippen molar-refractivity contribution in [1.29, 1.82) is 0 Å². The molecule has 16 heavy (non-hydrogen) atoms. The summed E-state index contributed by atoms with van der Waals surface area (Å²) in [6.45, 7) is 1.40. The van der Waals surface area contributed by atoms with E-state index >= 15 is 0 Å². The summed E-state index contributed by atoms with van der Waals surface area (Å²) in [4.78, 5) is 22.3. The Morgan fingerprint density at radius 3 is 2.88 bits per heavy atom. The normalized spacial score (nSPS) is 12.9. The summed E-state index contributed by atoms with van der Waals surface area (Å²) in [5.74, 6) is -1.81. The number of hydrogen-bond donors (Lipinski definition) is 1. The molecule has 1 N–H and O–H groups in total. The van der Waals surface area contributed by atoms with Gasteiger partial charge in [0.05, 0.1) is 5.52 Å². The van der Waals surface area contributed by atoms with Crippen LogP contribution in [0.4, 0.5) is 0 Å². The average Bonchev–Trinajstić information content (AvgIpc) is 2.52. The Bertz CT molecular complexity index is 613. The topological polar surface area (TPSA) is 72.4 Å². The third-order valence-corrected chi connectivity index (χ3v) is 2.55. The van der Waals surface area contributed by atoms with E-state index in [1.165, 1.54) is 19.1 Å². The Morgan fingerprint density at radius 1 is 1.56 bits per heavy atom. The van der Waals surface area contributed by atoms with Gasteiger partial charge in [0, 0.05) is 5.02 Å². The molecule has 84 valence electrons. The van der Waals surface area contributed by atoms with Gasteiger partial charge in [0.25, 0.3) is 0 Å². The molecule has 6 heteroatoms. The molecule has 1 unspecified atom stereocenters. The van der Waals surface area contributed by atoms with E-state index in [1.54, 1.807) is 6.07 Å². The van der Waals surface area contributed by atoms with Crippen LogP contribution in [-0.4, -0.2) is 15.6 Å². The van der Waals surface area contributed by atoms with Crippen LogP contribution in [0.3, 0.4) is 0 Å². The largest absolute Gasteiger partial charge is 0.480 e. The average molecular weight is 242 g/mol. The minimum atomic E-state index is -1.11. The first kappa shape index (κ1) is 10.8. The number of aromatic nitrogens is 1. The van der Waals surface area contributed by atoms with Crippen molar-refractivity contribution < 1.29 is 14.3 Å². The lowest BCUT2D eigenvalue weighted by atomic mass is 10.3. The van der Waals surface area contributed by atoms with E-state index in [1.807, 2.05) is 0 Å². The Morgan fingerprint density at radius 2 is 2.25 bits per heavy atom. The summed E-state index contributed by atoms with van der Waals surface area (Å²) >= 11 is 5.78. The molecule has 0 fully saturated rings. The number of rotatable bonds is 2. The fourth-order valence-corrected chi connectivity index (χ4v) is 1.65. The Kier molecular flexibility index (Phi) is 2.47. The fraction of sp³-hybridized carbons (Fsp3) is 0.200. The van der Waals surface area contributed by atoms with Crippen LogP contribution >= 0.6 is 11.6 Å². The molecule has 0 aliphatic rings. The molecule has 1 aromatic heterocycles. The molecule has 0 aliphatic carbocycles. The zero-order chi connectivity index (χ0) is 11.9. The highest BCUT2D eigenvalue weighted by atomic mass is 35.5. The van der Waals surface area contributed by atoms with Gasteiger partial charge in [-0.3, -0.25) is 4.57 Å². The van der Waals surface area contributed by atoms with Crippen LogP contribution in [0.25, 0.3) is 11.1 Å². The Labute approximate surface area is 94.9 Å². The van der Waals surface area contributed by atoms with E-state index in [0.717, 1.165) is 4.57 Å². The second-order valence-electron chi connectivity index (χ2n) is 3.36. The lowest BCUT2D eigenvalue weighted by Crippen LogP contribution is -2.24. The second-order valence-corrected chi connectivity index (χ2v) is 3.80. The maximum atomic E-state index is 11.5. The highest BCUT2D eigenvalue weighted by molar-refractivity contribution is 6.31. The van der Waals surface area contributed by atoms with Gasteiger partial charge in [0.15, 0.2) is 5.58 Å². The number of hydrogen-bond acceptors (Lipinski definition) is 3. The number of nitrogens with zero attached hydrogens (tertiary/aromatic N) is 1. The molecule has 5 nitrogen and oxygen atoms in total. The summed E-state index contributed by atoms with van der Waals surface area (Å²) in [5, 5.41) is 9.29. The van der Waals surface area contributed by atoms with Crippen LogP contribution in [0.2, 0.25) is 5.02 Å². The molecular formula is C10H8ClNO4. The molecule has 0 saturated carbocycles. The van der Waals surface area contributed by atoms with Crippen molar-refractivity contribution >= 4 is 28.7 Å². The third kappa shape index (κ3) is 1.59. The molecule has 1 aromatic carbocycles. The van der Waals surface area contributed by atoms with Gasteiger partial charge in [-0.1, -0.05) is 11.6 Å². The zero-order valence-corrected chi connectivity index (χ0v) is 9.06. The molecule has 0 aliphatic heterocycles. The van der Waals surface area contributed by atoms with Crippen molar-refractivity contribution in [2.24, 2.45) is 0 Å². The van der Waals surface area contributed by atoms with E-state index in [0.29, 0.717) is 16.1 Å².